The number of hydrogen-bond donors (Lipinski definition) is 1. The molecule has 0 unspecified atom stereocenters. The Labute approximate surface area is 175 Å². The number of nitrogens with zero attached hydrogens (tertiary/aromatic N) is 4. The van der Waals surface area contributed by atoms with E-state index in [9.17, 15) is 9.90 Å². The van der Waals surface area contributed by atoms with E-state index in [1.54, 1.807) is 18.6 Å². The van der Waals surface area contributed by atoms with Crippen molar-refractivity contribution in [3.8, 4) is 11.5 Å². The molecule has 2 bridgehead atoms. The average Bonchev–Trinajstić information content (AvgIpc) is 3.36. The molecule has 0 aliphatic carbocycles. The summed E-state index contributed by atoms with van der Waals surface area (Å²) in [5, 5.41) is 10.4. The molecule has 1 aromatic carbocycles. The van der Waals surface area contributed by atoms with Gasteiger partial charge in [-0.15, -0.1) is 0 Å². The summed E-state index contributed by atoms with van der Waals surface area (Å²) in [5.41, 5.74) is 2.09. The predicted molar refractivity (Wildman–Crippen MR) is 113 cm³/mol. The topological polar surface area (TPSA) is 79.2 Å². The van der Waals surface area contributed by atoms with Crippen LogP contribution in [0.15, 0.2) is 67.1 Å². The smallest absolute Gasteiger partial charge is 0.257 e. The van der Waals surface area contributed by atoms with Crippen molar-refractivity contribution >= 4 is 5.91 Å². The van der Waals surface area contributed by atoms with Gasteiger partial charge in [-0.25, -0.2) is 9.97 Å². The second-order valence-corrected chi connectivity index (χ2v) is 8.36. The monoisotopic (exact) mass is 400 g/mol. The fourth-order valence-electron chi connectivity index (χ4n) is 5.23. The summed E-state index contributed by atoms with van der Waals surface area (Å²) in [6.45, 7) is 0.0853. The molecule has 3 aromatic rings. The normalized spacial score (nSPS) is 24.9. The summed E-state index contributed by atoms with van der Waals surface area (Å²) in [5.74, 6) is 0.462. The van der Waals surface area contributed by atoms with E-state index in [2.05, 4.69) is 27.1 Å². The molecule has 0 radical (unpaired) electrons. The maximum Gasteiger partial charge on any atom is 0.257 e. The van der Waals surface area contributed by atoms with Crippen LogP contribution in [0.4, 0.5) is 0 Å². The van der Waals surface area contributed by atoms with E-state index >= 15 is 0 Å². The molecule has 2 aliphatic heterocycles. The molecule has 0 saturated carbocycles. The zero-order chi connectivity index (χ0) is 20.6. The highest BCUT2D eigenvalue weighted by Gasteiger charge is 2.57. The van der Waals surface area contributed by atoms with Gasteiger partial charge in [-0.1, -0.05) is 36.4 Å². The van der Waals surface area contributed by atoms with E-state index in [1.807, 2.05) is 41.3 Å². The number of aliphatic hydroxyl groups is 1. The minimum absolute atomic E-state index is 0.0377. The van der Waals surface area contributed by atoms with Crippen LogP contribution < -0.4 is 0 Å². The molecule has 4 heterocycles. The van der Waals surface area contributed by atoms with Crippen LogP contribution in [0.1, 0.15) is 35.2 Å². The van der Waals surface area contributed by atoms with Gasteiger partial charge in [0.25, 0.3) is 5.91 Å². The summed E-state index contributed by atoms with van der Waals surface area (Å²) in [7, 11) is 0. The molecule has 6 nitrogen and oxygen atoms in total. The first-order valence-corrected chi connectivity index (χ1v) is 10.4. The molecule has 5 rings (SSSR count). The minimum Gasteiger partial charge on any atom is -0.396 e. The van der Waals surface area contributed by atoms with E-state index in [-0.39, 0.29) is 30.0 Å². The Hall–Kier alpha value is -3.12. The largest absolute Gasteiger partial charge is 0.396 e. The summed E-state index contributed by atoms with van der Waals surface area (Å²) in [6, 6.07) is 16.0. The summed E-state index contributed by atoms with van der Waals surface area (Å²) in [4.78, 5) is 28.3. The minimum atomic E-state index is -0.283. The van der Waals surface area contributed by atoms with Crippen molar-refractivity contribution in [3.05, 3.63) is 78.2 Å². The number of benzene rings is 1. The molecule has 2 fully saturated rings. The van der Waals surface area contributed by atoms with Crippen LogP contribution >= 0.6 is 0 Å². The SMILES string of the molecule is O=C(c1cnc(-c2ccccn2)nc1)N1[C@@H]2CC[C@H]1[C@](CO)(Cc1ccccc1)C2. The Balaban J connectivity index is 1.38. The number of aromatic nitrogens is 3. The van der Waals surface area contributed by atoms with Crippen LogP contribution in [-0.2, 0) is 6.42 Å². The average molecular weight is 400 g/mol. The summed E-state index contributed by atoms with van der Waals surface area (Å²) >= 11 is 0. The first-order chi connectivity index (χ1) is 14.7. The van der Waals surface area contributed by atoms with Crippen LogP contribution in [0.3, 0.4) is 0 Å². The van der Waals surface area contributed by atoms with Crippen molar-refractivity contribution in [2.75, 3.05) is 6.61 Å². The second-order valence-electron chi connectivity index (χ2n) is 8.36. The van der Waals surface area contributed by atoms with Gasteiger partial charge in [0.2, 0.25) is 0 Å². The molecular formula is C24H24N4O2. The fourth-order valence-corrected chi connectivity index (χ4v) is 5.23. The number of fused-ring (bicyclic) bond motifs is 2. The number of rotatable bonds is 5. The Morgan fingerprint density at radius 3 is 2.50 bits per heavy atom. The molecule has 3 atom stereocenters. The van der Waals surface area contributed by atoms with Crippen molar-refractivity contribution in [3.63, 3.8) is 0 Å². The number of pyridine rings is 1. The standard InChI is InChI=1S/C24H24N4O2/c29-16-24(12-17-6-2-1-3-7-17)13-19-9-10-21(24)28(19)23(30)18-14-26-22(27-15-18)20-8-4-5-11-25-20/h1-8,11,14-15,19,21,29H,9-10,12-13,16H2/t19-,21+,24-/m1/s1. The third-order valence-electron chi connectivity index (χ3n) is 6.59. The quantitative estimate of drug-likeness (QED) is 0.712. The van der Waals surface area contributed by atoms with E-state index in [4.69, 9.17) is 0 Å². The molecule has 152 valence electrons. The number of amides is 1. The van der Waals surface area contributed by atoms with Crippen LogP contribution in [0.2, 0.25) is 0 Å². The third kappa shape index (κ3) is 3.17. The molecule has 2 aromatic heterocycles. The third-order valence-corrected chi connectivity index (χ3v) is 6.59. The lowest BCUT2D eigenvalue weighted by atomic mass is 9.70. The van der Waals surface area contributed by atoms with E-state index in [0.29, 0.717) is 17.1 Å². The number of carbonyl (C=O) groups excluding carboxylic acids is 1. The lowest BCUT2D eigenvalue weighted by molar-refractivity contribution is 0.0570. The molecule has 0 spiro atoms. The molecule has 1 N–H and O–H groups in total. The first-order valence-electron chi connectivity index (χ1n) is 10.4. The van der Waals surface area contributed by atoms with Gasteiger partial charge in [0, 0.05) is 36.1 Å². The molecular weight excluding hydrogens is 376 g/mol. The van der Waals surface area contributed by atoms with Gasteiger partial charge in [-0.2, -0.15) is 0 Å². The Morgan fingerprint density at radius 2 is 1.80 bits per heavy atom. The van der Waals surface area contributed by atoms with Crippen LogP contribution in [0.5, 0.6) is 0 Å². The zero-order valence-electron chi connectivity index (χ0n) is 16.7. The van der Waals surface area contributed by atoms with E-state index in [0.717, 1.165) is 25.7 Å². The van der Waals surface area contributed by atoms with Gasteiger partial charge in [0.05, 0.1) is 12.2 Å². The van der Waals surface area contributed by atoms with Crippen molar-refractivity contribution in [1.82, 2.24) is 19.9 Å². The lowest BCUT2D eigenvalue weighted by Crippen LogP contribution is -2.44. The molecule has 1 amide bonds. The van der Waals surface area contributed by atoms with Gasteiger partial charge >= 0.3 is 0 Å². The Kier molecular flexibility index (Phi) is 4.79. The maximum atomic E-state index is 13.4. The maximum absolute atomic E-state index is 13.4. The number of carbonyl (C=O) groups is 1. The van der Waals surface area contributed by atoms with Crippen molar-refractivity contribution in [1.29, 1.82) is 0 Å². The van der Waals surface area contributed by atoms with Crippen LogP contribution in [0.25, 0.3) is 11.5 Å². The van der Waals surface area contributed by atoms with Gasteiger partial charge in [0.1, 0.15) is 5.69 Å². The van der Waals surface area contributed by atoms with Crippen molar-refractivity contribution in [2.45, 2.75) is 37.8 Å². The summed E-state index contributed by atoms with van der Waals surface area (Å²) in [6.07, 6.45) is 8.41. The molecule has 30 heavy (non-hydrogen) atoms. The van der Waals surface area contributed by atoms with Gasteiger partial charge in [0.15, 0.2) is 5.82 Å². The fraction of sp³-hybridized carbons (Fsp3) is 0.333. The number of hydrogen-bond acceptors (Lipinski definition) is 5. The zero-order valence-corrected chi connectivity index (χ0v) is 16.7. The van der Waals surface area contributed by atoms with Crippen LogP contribution in [-0.4, -0.2) is 49.6 Å². The highest BCUT2D eigenvalue weighted by atomic mass is 16.3. The molecule has 2 aliphatic rings. The Bertz CT molecular complexity index is 1030. The van der Waals surface area contributed by atoms with Crippen molar-refractivity contribution < 1.29 is 9.90 Å². The highest BCUT2D eigenvalue weighted by Crippen LogP contribution is 2.51. The first kappa shape index (κ1) is 18.9. The van der Waals surface area contributed by atoms with E-state index < -0.39 is 0 Å². The molecule has 2 saturated heterocycles. The predicted octanol–water partition coefficient (Wildman–Crippen LogP) is 3.14. The number of aliphatic hydroxyl groups excluding tert-OH is 1. The lowest BCUT2D eigenvalue weighted by Gasteiger charge is -2.36. The van der Waals surface area contributed by atoms with E-state index in [1.165, 1.54) is 5.56 Å². The Morgan fingerprint density at radius 1 is 1.03 bits per heavy atom. The van der Waals surface area contributed by atoms with Gasteiger partial charge in [-0.3, -0.25) is 9.78 Å². The van der Waals surface area contributed by atoms with Gasteiger partial charge in [-0.05, 0) is 43.4 Å². The summed E-state index contributed by atoms with van der Waals surface area (Å²) < 4.78 is 0. The van der Waals surface area contributed by atoms with Crippen molar-refractivity contribution in [2.24, 2.45) is 5.41 Å². The highest BCUT2D eigenvalue weighted by molar-refractivity contribution is 5.94. The van der Waals surface area contributed by atoms with Crippen LogP contribution in [0, 0.1) is 5.41 Å². The second kappa shape index (κ2) is 7.61. The molecule has 6 heteroatoms. The van der Waals surface area contributed by atoms with Gasteiger partial charge < -0.3 is 10.0 Å².